The van der Waals surface area contributed by atoms with Gasteiger partial charge in [0, 0.05) is 12.0 Å². The van der Waals surface area contributed by atoms with Crippen molar-refractivity contribution < 1.29 is 18.3 Å². The van der Waals surface area contributed by atoms with Crippen molar-refractivity contribution in [3.8, 4) is 16.9 Å². The predicted molar refractivity (Wildman–Crippen MR) is 150 cm³/mol. The van der Waals surface area contributed by atoms with Gasteiger partial charge in [0.15, 0.2) is 0 Å². The van der Waals surface area contributed by atoms with E-state index in [1.807, 2.05) is 18.2 Å². The maximum atomic E-state index is 14.9. The van der Waals surface area contributed by atoms with E-state index < -0.39 is 5.97 Å². The summed E-state index contributed by atoms with van der Waals surface area (Å²) in [5.41, 5.74) is 2.35. The van der Waals surface area contributed by atoms with Crippen LogP contribution >= 0.6 is 0 Å². The summed E-state index contributed by atoms with van der Waals surface area (Å²) in [7, 11) is 0. The largest absolute Gasteiger partial charge is 0.454 e. The summed E-state index contributed by atoms with van der Waals surface area (Å²) in [4.78, 5) is 12.4. The third-order valence-electron chi connectivity index (χ3n) is 6.87. The molecule has 0 fully saturated rings. The maximum Gasteiger partial charge on any atom is 0.379 e. The van der Waals surface area contributed by atoms with Gasteiger partial charge in [-0.15, -0.1) is 0 Å². The number of unbranched alkanes of at least 4 members (excludes halogenated alkanes) is 10. The minimum Gasteiger partial charge on any atom is -0.454 e. The van der Waals surface area contributed by atoms with Crippen molar-refractivity contribution in [2.24, 2.45) is 0 Å². The van der Waals surface area contributed by atoms with E-state index in [2.05, 4.69) is 13.8 Å². The van der Waals surface area contributed by atoms with Crippen LogP contribution in [0.25, 0.3) is 11.1 Å². The van der Waals surface area contributed by atoms with Crippen LogP contribution in [0.3, 0.4) is 0 Å². The summed E-state index contributed by atoms with van der Waals surface area (Å²) in [5, 5.41) is 0. The normalized spacial score (nSPS) is 11.1. The number of benzene rings is 2. The zero-order chi connectivity index (χ0) is 26.3. The summed E-state index contributed by atoms with van der Waals surface area (Å²) in [6.07, 6.45) is 16.6. The van der Waals surface area contributed by atoms with Crippen LogP contribution in [0.4, 0.5) is 4.39 Å². The van der Waals surface area contributed by atoms with Crippen LogP contribution < -0.4 is 4.74 Å². The highest BCUT2D eigenvalue weighted by Crippen LogP contribution is 2.27. The molecule has 0 aliphatic carbocycles. The number of carbonyl (C=O) groups is 1. The summed E-state index contributed by atoms with van der Waals surface area (Å²) in [5.74, 6) is 0.655. The van der Waals surface area contributed by atoms with Gasteiger partial charge < -0.3 is 9.15 Å². The Hall–Kier alpha value is -2.88. The molecule has 200 valence electrons. The lowest BCUT2D eigenvalue weighted by Crippen LogP contribution is -2.07. The molecule has 0 radical (unpaired) electrons. The first kappa shape index (κ1) is 28.7. The topological polar surface area (TPSA) is 39.4 Å². The molecule has 0 aliphatic heterocycles. The average molecular weight is 507 g/mol. The van der Waals surface area contributed by atoms with Crippen LogP contribution in [0.15, 0.2) is 59.0 Å². The first-order valence-corrected chi connectivity index (χ1v) is 14.3. The van der Waals surface area contributed by atoms with Crippen molar-refractivity contribution in [2.45, 2.75) is 104 Å². The number of ether oxygens (including phenoxy) is 1. The van der Waals surface area contributed by atoms with Gasteiger partial charge in [0.1, 0.15) is 17.3 Å². The molecule has 37 heavy (non-hydrogen) atoms. The van der Waals surface area contributed by atoms with E-state index in [4.69, 9.17) is 9.15 Å². The molecule has 3 aromatic rings. The number of hydrogen-bond acceptors (Lipinski definition) is 3. The van der Waals surface area contributed by atoms with E-state index >= 15 is 0 Å². The quantitative estimate of drug-likeness (QED) is 0.104. The highest BCUT2D eigenvalue weighted by atomic mass is 19.1. The number of hydrogen-bond donors (Lipinski definition) is 0. The molecule has 3 nitrogen and oxygen atoms in total. The van der Waals surface area contributed by atoms with E-state index in [9.17, 15) is 9.18 Å². The van der Waals surface area contributed by atoms with E-state index in [0.29, 0.717) is 11.3 Å². The lowest BCUT2D eigenvalue weighted by atomic mass is 10.00. The second-order valence-electron chi connectivity index (χ2n) is 10.0. The van der Waals surface area contributed by atoms with E-state index in [0.717, 1.165) is 55.4 Å². The van der Waals surface area contributed by atoms with Crippen LogP contribution in [0, 0.1) is 5.82 Å². The molecule has 0 aliphatic rings. The Morgan fingerprint density at radius 1 is 0.730 bits per heavy atom. The van der Waals surface area contributed by atoms with Gasteiger partial charge in [-0.2, -0.15) is 0 Å². The summed E-state index contributed by atoms with van der Waals surface area (Å²) < 4.78 is 25.9. The van der Waals surface area contributed by atoms with Gasteiger partial charge in [0.2, 0.25) is 5.76 Å². The highest BCUT2D eigenvalue weighted by molar-refractivity contribution is 5.88. The zero-order valence-corrected chi connectivity index (χ0v) is 22.7. The third kappa shape index (κ3) is 9.83. The smallest absolute Gasteiger partial charge is 0.379 e. The molecule has 0 saturated heterocycles. The molecule has 0 amide bonds. The van der Waals surface area contributed by atoms with E-state index in [1.54, 1.807) is 36.4 Å². The summed E-state index contributed by atoms with van der Waals surface area (Å²) in [6, 6.07) is 15.9. The van der Waals surface area contributed by atoms with Gasteiger partial charge in [-0.3, -0.25) is 0 Å². The molecule has 0 saturated carbocycles. The number of carbonyl (C=O) groups excluding carboxylic acids is 1. The molecular formula is C33H43FO3. The van der Waals surface area contributed by atoms with E-state index in [-0.39, 0.29) is 11.6 Å². The summed E-state index contributed by atoms with van der Waals surface area (Å²) in [6.45, 7) is 4.40. The molecule has 2 aromatic carbocycles. The van der Waals surface area contributed by atoms with Crippen LogP contribution in [0.1, 0.15) is 113 Å². The fraction of sp³-hybridized carbons (Fsp3) is 0.485. The number of aryl methyl sites for hydroxylation is 2. The van der Waals surface area contributed by atoms with Gasteiger partial charge in [-0.25, -0.2) is 9.18 Å². The molecule has 1 aromatic heterocycles. The van der Waals surface area contributed by atoms with Crippen molar-refractivity contribution in [2.75, 3.05) is 0 Å². The van der Waals surface area contributed by atoms with Crippen LogP contribution in [0.5, 0.6) is 5.75 Å². The van der Waals surface area contributed by atoms with Crippen molar-refractivity contribution in [3.63, 3.8) is 0 Å². The van der Waals surface area contributed by atoms with Gasteiger partial charge >= 0.3 is 5.97 Å². The SMILES string of the molecule is CCCCCCCCCCCc1ccc(-c2ccc(OC(=O)c3ccc(CCCCC)o3)cc2)c(F)c1. The first-order chi connectivity index (χ1) is 18.1. The number of halogens is 1. The molecule has 0 bridgehead atoms. The van der Waals surface area contributed by atoms with Gasteiger partial charge in [0.25, 0.3) is 0 Å². The molecule has 3 rings (SSSR count). The van der Waals surface area contributed by atoms with Gasteiger partial charge in [-0.05, 0) is 60.7 Å². The molecule has 1 heterocycles. The van der Waals surface area contributed by atoms with E-state index in [1.165, 1.54) is 51.4 Å². The van der Waals surface area contributed by atoms with Crippen LogP contribution in [0.2, 0.25) is 0 Å². The fourth-order valence-electron chi connectivity index (χ4n) is 4.62. The molecule has 0 unspecified atom stereocenters. The van der Waals surface area contributed by atoms with Crippen molar-refractivity contribution >= 4 is 5.97 Å². The lowest BCUT2D eigenvalue weighted by Gasteiger charge is -2.08. The van der Waals surface area contributed by atoms with Crippen molar-refractivity contribution in [3.05, 3.63) is 77.5 Å². The second kappa shape index (κ2) is 16.1. The van der Waals surface area contributed by atoms with Gasteiger partial charge in [-0.1, -0.05) is 102 Å². The lowest BCUT2D eigenvalue weighted by molar-refractivity contribution is 0.0699. The molecular weight excluding hydrogens is 463 g/mol. The Morgan fingerprint density at radius 3 is 2.03 bits per heavy atom. The molecule has 0 atom stereocenters. The highest BCUT2D eigenvalue weighted by Gasteiger charge is 2.14. The maximum absolute atomic E-state index is 14.9. The Balaban J connectivity index is 1.45. The Kier molecular flexibility index (Phi) is 12.5. The standard InChI is InChI=1S/C33H43FO3/c1-3-5-7-8-9-10-11-12-14-15-26-17-23-30(31(34)25-26)27-18-20-29(21-19-27)37-33(35)32-24-22-28(36-32)16-13-6-4-2/h17-25H,3-16H2,1-2H3. The first-order valence-electron chi connectivity index (χ1n) is 14.3. The minimum atomic E-state index is -0.526. The second-order valence-corrected chi connectivity index (χ2v) is 10.0. The van der Waals surface area contributed by atoms with Crippen LogP contribution in [-0.2, 0) is 12.8 Å². The summed E-state index contributed by atoms with van der Waals surface area (Å²) >= 11 is 0. The molecule has 4 heteroatoms. The predicted octanol–water partition coefficient (Wildman–Crippen LogP) is 10.1. The number of furan rings is 1. The Labute approximate surface area is 222 Å². The minimum absolute atomic E-state index is 0.198. The fourth-order valence-corrected chi connectivity index (χ4v) is 4.62. The molecule has 0 spiro atoms. The third-order valence-corrected chi connectivity index (χ3v) is 6.87. The number of esters is 1. The number of rotatable bonds is 17. The Morgan fingerprint density at radius 2 is 1.35 bits per heavy atom. The van der Waals surface area contributed by atoms with Crippen molar-refractivity contribution in [1.82, 2.24) is 0 Å². The van der Waals surface area contributed by atoms with Crippen molar-refractivity contribution in [1.29, 1.82) is 0 Å². The zero-order valence-electron chi connectivity index (χ0n) is 22.7. The Bertz CT molecular complexity index is 1070. The average Bonchev–Trinajstić information content (AvgIpc) is 3.38. The monoisotopic (exact) mass is 506 g/mol. The molecule has 0 N–H and O–H groups in total. The van der Waals surface area contributed by atoms with Gasteiger partial charge in [0.05, 0.1) is 0 Å². The van der Waals surface area contributed by atoms with Crippen LogP contribution in [-0.4, -0.2) is 5.97 Å².